The molecule has 0 aromatic heterocycles. The average Bonchev–Trinajstić information content (AvgIpc) is 2.72. The van der Waals surface area contributed by atoms with Crippen LogP contribution in [0, 0.1) is 5.92 Å². The Morgan fingerprint density at radius 1 is 1.00 bits per heavy atom. The highest BCUT2D eigenvalue weighted by Gasteiger charge is 2.26. The number of hydrogen-bond donors (Lipinski definition) is 2. The highest BCUT2D eigenvalue weighted by molar-refractivity contribution is 6.36. The van der Waals surface area contributed by atoms with Gasteiger partial charge in [-0.25, -0.2) is 0 Å². The van der Waals surface area contributed by atoms with Gasteiger partial charge in [-0.05, 0) is 56.2 Å². The van der Waals surface area contributed by atoms with Gasteiger partial charge in [0, 0.05) is 29.4 Å². The molecule has 8 heteroatoms. The van der Waals surface area contributed by atoms with Crippen LogP contribution in [0.25, 0.3) is 0 Å². The molecule has 2 aromatic rings. The summed E-state index contributed by atoms with van der Waals surface area (Å²) in [6.45, 7) is 8.68. The van der Waals surface area contributed by atoms with Crippen LogP contribution in [0.1, 0.15) is 48.4 Å². The lowest BCUT2D eigenvalue weighted by Crippen LogP contribution is -2.47. The zero-order valence-electron chi connectivity index (χ0n) is 18.0. The third-order valence-corrected chi connectivity index (χ3v) is 5.39. The molecule has 0 saturated carbocycles. The molecule has 1 atom stereocenters. The first-order valence-corrected chi connectivity index (χ1v) is 10.9. The molecule has 166 valence electrons. The first-order chi connectivity index (χ1) is 14.7. The van der Waals surface area contributed by atoms with Crippen molar-refractivity contribution in [3.63, 3.8) is 0 Å². The third kappa shape index (κ3) is 6.45. The molecule has 2 rings (SSSR count). The van der Waals surface area contributed by atoms with Crippen LogP contribution in [-0.4, -0.2) is 41.8 Å². The SMILES string of the molecule is CCN(CC)C(=O)c1cccc(NC(=O)C(NC(=O)c2ccc(Cl)cc2Cl)C(C)C)c1. The minimum atomic E-state index is -0.804. The van der Waals surface area contributed by atoms with Crippen LogP contribution in [-0.2, 0) is 4.79 Å². The first-order valence-electron chi connectivity index (χ1n) is 10.1. The van der Waals surface area contributed by atoms with Crippen LogP contribution in [0.5, 0.6) is 0 Å². The molecule has 1 unspecified atom stereocenters. The van der Waals surface area contributed by atoms with Crippen LogP contribution in [0.15, 0.2) is 42.5 Å². The van der Waals surface area contributed by atoms with Crippen molar-refractivity contribution in [1.82, 2.24) is 10.2 Å². The summed E-state index contributed by atoms with van der Waals surface area (Å²) in [5.41, 5.74) is 1.20. The summed E-state index contributed by atoms with van der Waals surface area (Å²) in [6.07, 6.45) is 0. The number of benzene rings is 2. The third-order valence-electron chi connectivity index (χ3n) is 4.84. The number of halogens is 2. The topological polar surface area (TPSA) is 78.5 Å². The summed E-state index contributed by atoms with van der Waals surface area (Å²) in [7, 11) is 0. The number of rotatable bonds is 8. The van der Waals surface area contributed by atoms with Crippen molar-refractivity contribution in [3.8, 4) is 0 Å². The van der Waals surface area contributed by atoms with E-state index in [1.807, 2.05) is 27.7 Å². The lowest BCUT2D eigenvalue weighted by atomic mass is 10.0. The molecule has 6 nitrogen and oxygen atoms in total. The van der Waals surface area contributed by atoms with E-state index in [1.165, 1.54) is 12.1 Å². The molecule has 0 aliphatic rings. The molecule has 0 aliphatic carbocycles. The lowest BCUT2D eigenvalue weighted by molar-refractivity contribution is -0.118. The smallest absolute Gasteiger partial charge is 0.253 e. The van der Waals surface area contributed by atoms with E-state index in [4.69, 9.17) is 23.2 Å². The maximum absolute atomic E-state index is 12.9. The number of carbonyl (C=O) groups is 3. The van der Waals surface area contributed by atoms with Crippen LogP contribution in [0.4, 0.5) is 5.69 Å². The van der Waals surface area contributed by atoms with E-state index in [9.17, 15) is 14.4 Å². The zero-order valence-corrected chi connectivity index (χ0v) is 19.6. The van der Waals surface area contributed by atoms with Gasteiger partial charge < -0.3 is 15.5 Å². The molecule has 3 amide bonds. The van der Waals surface area contributed by atoms with Gasteiger partial charge in [0.1, 0.15) is 6.04 Å². The number of amides is 3. The van der Waals surface area contributed by atoms with E-state index >= 15 is 0 Å². The van der Waals surface area contributed by atoms with Crippen molar-refractivity contribution in [2.24, 2.45) is 5.92 Å². The Kier molecular flexibility index (Phi) is 8.89. The predicted molar refractivity (Wildman–Crippen MR) is 125 cm³/mol. The lowest BCUT2D eigenvalue weighted by Gasteiger charge is -2.22. The number of anilines is 1. The summed E-state index contributed by atoms with van der Waals surface area (Å²) in [5, 5.41) is 6.15. The van der Waals surface area contributed by atoms with Crippen molar-refractivity contribution in [2.75, 3.05) is 18.4 Å². The molecule has 0 aliphatic heterocycles. The Balaban J connectivity index is 2.17. The van der Waals surface area contributed by atoms with E-state index in [1.54, 1.807) is 35.2 Å². The van der Waals surface area contributed by atoms with E-state index in [0.717, 1.165) is 0 Å². The fourth-order valence-electron chi connectivity index (χ4n) is 3.07. The molecular formula is C23H27Cl2N3O3. The minimum absolute atomic E-state index is 0.104. The highest BCUT2D eigenvalue weighted by atomic mass is 35.5. The monoisotopic (exact) mass is 463 g/mol. The van der Waals surface area contributed by atoms with Gasteiger partial charge >= 0.3 is 0 Å². The fourth-order valence-corrected chi connectivity index (χ4v) is 3.57. The Labute approximate surface area is 192 Å². The van der Waals surface area contributed by atoms with Crippen LogP contribution >= 0.6 is 23.2 Å². The van der Waals surface area contributed by atoms with Gasteiger partial charge in [0.05, 0.1) is 10.6 Å². The van der Waals surface area contributed by atoms with Crippen molar-refractivity contribution in [3.05, 3.63) is 63.6 Å². The molecule has 2 N–H and O–H groups in total. The van der Waals surface area contributed by atoms with Gasteiger partial charge in [0.2, 0.25) is 5.91 Å². The number of carbonyl (C=O) groups excluding carboxylic acids is 3. The predicted octanol–water partition coefficient (Wildman–Crippen LogP) is 4.87. The number of nitrogens with zero attached hydrogens (tertiary/aromatic N) is 1. The van der Waals surface area contributed by atoms with Crippen LogP contribution in [0.2, 0.25) is 10.0 Å². The highest BCUT2D eigenvalue weighted by Crippen LogP contribution is 2.21. The van der Waals surface area contributed by atoms with Gasteiger partial charge in [0.25, 0.3) is 11.8 Å². The summed E-state index contributed by atoms with van der Waals surface area (Å²) in [6, 6.07) is 10.5. The standard InChI is InChI=1S/C23H27Cl2N3O3/c1-5-28(6-2)23(31)15-8-7-9-17(12-15)26-22(30)20(14(3)4)27-21(29)18-11-10-16(24)13-19(18)25/h7-14,20H,5-6H2,1-4H3,(H,26,30)(H,27,29). The summed E-state index contributed by atoms with van der Waals surface area (Å²) in [5.74, 6) is -1.15. The Bertz CT molecular complexity index is 959. The first kappa shape index (κ1) is 24.7. The molecule has 31 heavy (non-hydrogen) atoms. The molecule has 0 spiro atoms. The molecular weight excluding hydrogens is 437 g/mol. The molecule has 0 bridgehead atoms. The summed E-state index contributed by atoms with van der Waals surface area (Å²) >= 11 is 12.0. The number of hydrogen-bond acceptors (Lipinski definition) is 3. The minimum Gasteiger partial charge on any atom is -0.340 e. The maximum atomic E-state index is 12.9. The van der Waals surface area contributed by atoms with Gasteiger partial charge in [0.15, 0.2) is 0 Å². The molecule has 0 fully saturated rings. The summed E-state index contributed by atoms with van der Waals surface area (Å²) in [4.78, 5) is 39.9. The van der Waals surface area contributed by atoms with Crippen LogP contribution in [0.3, 0.4) is 0 Å². The van der Waals surface area contributed by atoms with Crippen molar-refractivity contribution in [2.45, 2.75) is 33.7 Å². The van der Waals surface area contributed by atoms with Crippen molar-refractivity contribution in [1.29, 1.82) is 0 Å². The van der Waals surface area contributed by atoms with Crippen LogP contribution < -0.4 is 10.6 Å². The molecule has 2 aromatic carbocycles. The second-order valence-corrected chi connectivity index (χ2v) is 8.21. The average molecular weight is 464 g/mol. The summed E-state index contributed by atoms with van der Waals surface area (Å²) < 4.78 is 0. The van der Waals surface area contributed by atoms with Crippen molar-refractivity contribution >= 4 is 46.6 Å². The molecule has 0 radical (unpaired) electrons. The number of nitrogens with one attached hydrogen (secondary N) is 2. The largest absolute Gasteiger partial charge is 0.340 e. The quantitative estimate of drug-likeness (QED) is 0.585. The molecule has 0 heterocycles. The van der Waals surface area contributed by atoms with E-state index in [0.29, 0.717) is 29.4 Å². The normalized spacial score (nSPS) is 11.7. The van der Waals surface area contributed by atoms with Gasteiger partial charge in [-0.2, -0.15) is 0 Å². The van der Waals surface area contributed by atoms with Gasteiger partial charge in [-0.15, -0.1) is 0 Å². The second-order valence-electron chi connectivity index (χ2n) is 7.37. The van der Waals surface area contributed by atoms with Crippen molar-refractivity contribution < 1.29 is 14.4 Å². The zero-order chi connectivity index (χ0) is 23.1. The van der Waals surface area contributed by atoms with Gasteiger partial charge in [-0.1, -0.05) is 43.1 Å². The molecule has 0 saturated heterocycles. The Hall–Kier alpha value is -2.57. The fraction of sp³-hybridized carbons (Fsp3) is 0.348. The van der Waals surface area contributed by atoms with E-state index in [-0.39, 0.29) is 28.3 Å². The Morgan fingerprint density at radius 2 is 1.68 bits per heavy atom. The van der Waals surface area contributed by atoms with Gasteiger partial charge in [-0.3, -0.25) is 14.4 Å². The van der Waals surface area contributed by atoms with E-state index < -0.39 is 11.9 Å². The maximum Gasteiger partial charge on any atom is 0.253 e. The van der Waals surface area contributed by atoms with E-state index in [2.05, 4.69) is 10.6 Å². The Morgan fingerprint density at radius 3 is 2.26 bits per heavy atom. The second kappa shape index (κ2) is 11.2.